The van der Waals surface area contributed by atoms with Gasteiger partial charge in [0.25, 0.3) is 0 Å². The molecule has 2 N–H and O–H groups in total. The van der Waals surface area contributed by atoms with E-state index in [2.05, 4.69) is 20.2 Å². The quantitative estimate of drug-likeness (QED) is 0.443. The molecule has 0 amide bonds. The number of para-hydroxylation sites is 1. The second kappa shape index (κ2) is 9.60. The van der Waals surface area contributed by atoms with Crippen LogP contribution in [-0.4, -0.2) is 44.3 Å². The molecule has 0 aliphatic rings. The third kappa shape index (κ3) is 5.61. The Kier molecular flexibility index (Phi) is 7.14. The number of aromatic nitrogens is 1. The van der Waals surface area contributed by atoms with E-state index in [1.165, 1.54) is 6.07 Å². The molecule has 2 rings (SSSR count). The molecule has 6 heteroatoms. The van der Waals surface area contributed by atoms with Gasteiger partial charge in [0, 0.05) is 52.7 Å². The maximum Gasteiger partial charge on any atom is 0.191 e. The lowest BCUT2D eigenvalue weighted by molar-refractivity contribution is 0.618. The normalized spacial score (nSPS) is 11.4. The third-order valence-electron chi connectivity index (χ3n) is 3.78. The smallest absolute Gasteiger partial charge is 0.191 e. The van der Waals surface area contributed by atoms with Gasteiger partial charge in [0.1, 0.15) is 5.82 Å². The molecule has 0 fully saturated rings. The lowest BCUT2D eigenvalue weighted by Crippen LogP contribution is -2.39. The number of nitrogens with zero attached hydrogens (tertiary/aromatic N) is 3. The molecule has 0 bridgehead atoms. The number of aliphatic imine (C=N–C) groups is 1. The van der Waals surface area contributed by atoms with Gasteiger partial charge in [0.05, 0.1) is 5.69 Å². The fraction of sp³-hybridized carbons (Fsp3) is 0.389. The van der Waals surface area contributed by atoms with Crippen LogP contribution in [0.2, 0.25) is 0 Å². The van der Waals surface area contributed by atoms with Crippen LogP contribution in [0.1, 0.15) is 6.42 Å². The molecule has 0 aliphatic heterocycles. The van der Waals surface area contributed by atoms with Gasteiger partial charge in [0.2, 0.25) is 0 Å². The van der Waals surface area contributed by atoms with Crippen molar-refractivity contribution in [3.63, 3.8) is 0 Å². The molecule has 0 atom stereocenters. The van der Waals surface area contributed by atoms with Crippen molar-refractivity contribution in [1.29, 1.82) is 0 Å². The predicted octanol–water partition coefficient (Wildman–Crippen LogP) is 2.32. The van der Waals surface area contributed by atoms with Gasteiger partial charge in [-0.2, -0.15) is 0 Å². The second-order valence-electron chi connectivity index (χ2n) is 5.57. The van der Waals surface area contributed by atoms with Crippen LogP contribution in [0.15, 0.2) is 53.8 Å². The number of hydrogen-bond donors (Lipinski definition) is 2. The Morgan fingerprint density at radius 1 is 1.12 bits per heavy atom. The first kappa shape index (κ1) is 17.8. The summed E-state index contributed by atoms with van der Waals surface area (Å²) in [6, 6.07) is 10.9. The van der Waals surface area contributed by atoms with E-state index >= 15 is 0 Å². The first-order valence-corrected chi connectivity index (χ1v) is 8.21. The molecule has 130 valence electrons. The summed E-state index contributed by atoms with van der Waals surface area (Å²) in [6.07, 6.45) is 4.97. The Hall–Kier alpha value is -2.50. The van der Waals surface area contributed by atoms with Gasteiger partial charge in [-0.15, -0.1) is 0 Å². The number of benzene rings is 1. The van der Waals surface area contributed by atoms with E-state index in [4.69, 9.17) is 0 Å². The van der Waals surface area contributed by atoms with Crippen molar-refractivity contribution >= 4 is 11.6 Å². The number of hydrogen-bond acceptors (Lipinski definition) is 2. The van der Waals surface area contributed by atoms with E-state index in [0.29, 0.717) is 5.69 Å². The largest absolute Gasteiger partial charge is 0.372 e. The third-order valence-corrected chi connectivity index (χ3v) is 3.78. The topological polar surface area (TPSA) is 44.6 Å². The molecule has 0 unspecified atom stereocenters. The number of rotatable bonds is 8. The van der Waals surface area contributed by atoms with E-state index in [-0.39, 0.29) is 5.82 Å². The number of guanidine groups is 1. The zero-order valence-electron chi connectivity index (χ0n) is 14.4. The van der Waals surface area contributed by atoms with Gasteiger partial charge in [-0.3, -0.25) is 4.99 Å². The molecule has 0 spiro atoms. The number of nitrogens with one attached hydrogen (secondary N) is 2. The van der Waals surface area contributed by atoms with E-state index < -0.39 is 0 Å². The zero-order chi connectivity index (χ0) is 17.2. The first-order valence-electron chi connectivity index (χ1n) is 8.21. The summed E-state index contributed by atoms with van der Waals surface area (Å²) in [5.41, 5.74) is 0.631. The predicted molar refractivity (Wildman–Crippen MR) is 98.1 cm³/mol. The van der Waals surface area contributed by atoms with Crippen LogP contribution in [0.25, 0.3) is 0 Å². The van der Waals surface area contributed by atoms with Gasteiger partial charge in [-0.25, -0.2) is 4.39 Å². The minimum atomic E-state index is -0.185. The van der Waals surface area contributed by atoms with Crippen molar-refractivity contribution in [2.24, 2.45) is 4.99 Å². The molecule has 5 nitrogen and oxygen atoms in total. The zero-order valence-corrected chi connectivity index (χ0v) is 14.4. The van der Waals surface area contributed by atoms with Gasteiger partial charge < -0.3 is 20.1 Å². The standard InChI is InChI=1S/C18H26FN5/c1-20-18(22-11-15-24-13-5-6-14-24)21-10-7-12-23(2)17-9-4-3-8-16(17)19/h3-6,8-9,13-14H,7,10-12,15H2,1-2H3,(H2,20,21,22). The van der Waals surface area contributed by atoms with Crippen molar-refractivity contribution in [3.05, 3.63) is 54.6 Å². The number of halogens is 1. The fourth-order valence-electron chi connectivity index (χ4n) is 2.45. The van der Waals surface area contributed by atoms with Crippen molar-refractivity contribution in [2.45, 2.75) is 13.0 Å². The maximum atomic E-state index is 13.7. The summed E-state index contributed by atoms with van der Waals surface area (Å²) in [4.78, 5) is 6.14. The highest BCUT2D eigenvalue weighted by Crippen LogP contribution is 2.16. The summed E-state index contributed by atoms with van der Waals surface area (Å²) >= 11 is 0. The van der Waals surface area contributed by atoms with Gasteiger partial charge in [-0.05, 0) is 30.7 Å². The fourth-order valence-corrected chi connectivity index (χ4v) is 2.45. The van der Waals surface area contributed by atoms with Crippen LogP contribution < -0.4 is 15.5 Å². The summed E-state index contributed by atoms with van der Waals surface area (Å²) in [7, 11) is 3.67. The highest BCUT2D eigenvalue weighted by Gasteiger charge is 2.06. The molecule has 0 radical (unpaired) electrons. The van der Waals surface area contributed by atoms with E-state index in [1.54, 1.807) is 19.2 Å². The minimum Gasteiger partial charge on any atom is -0.372 e. The Morgan fingerprint density at radius 3 is 2.54 bits per heavy atom. The van der Waals surface area contributed by atoms with Crippen molar-refractivity contribution in [3.8, 4) is 0 Å². The van der Waals surface area contributed by atoms with E-state index in [9.17, 15) is 4.39 Å². The Labute approximate surface area is 143 Å². The van der Waals surface area contributed by atoms with Gasteiger partial charge in [-0.1, -0.05) is 12.1 Å². The molecule has 0 saturated heterocycles. The molecular weight excluding hydrogens is 305 g/mol. The van der Waals surface area contributed by atoms with Crippen LogP contribution >= 0.6 is 0 Å². The lowest BCUT2D eigenvalue weighted by atomic mass is 10.2. The van der Waals surface area contributed by atoms with Crippen molar-refractivity contribution in [2.75, 3.05) is 38.6 Å². The van der Waals surface area contributed by atoms with Crippen LogP contribution in [0.4, 0.5) is 10.1 Å². The molecule has 1 heterocycles. The Morgan fingerprint density at radius 2 is 1.83 bits per heavy atom. The van der Waals surface area contributed by atoms with Crippen LogP contribution in [0.3, 0.4) is 0 Å². The Bertz CT molecular complexity index is 624. The van der Waals surface area contributed by atoms with Crippen molar-refractivity contribution in [1.82, 2.24) is 15.2 Å². The first-order chi connectivity index (χ1) is 11.7. The lowest BCUT2D eigenvalue weighted by Gasteiger charge is -2.20. The highest BCUT2D eigenvalue weighted by molar-refractivity contribution is 5.79. The summed E-state index contributed by atoms with van der Waals surface area (Å²) in [5, 5.41) is 6.56. The summed E-state index contributed by atoms with van der Waals surface area (Å²) in [5.74, 6) is 0.603. The van der Waals surface area contributed by atoms with E-state index in [0.717, 1.165) is 38.6 Å². The minimum absolute atomic E-state index is 0.185. The molecule has 1 aromatic carbocycles. The monoisotopic (exact) mass is 331 g/mol. The Balaban J connectivity index is 1.64. The molecule has 0 aliphatic carbocycles. The van der Waals surface area contributed by atoms with Crippen LogP contribution in [-0.2, 0) is 6.54 Å². The van der Waals surface area contributed by atoms with Gasteiger partial charge in [0.15, 0.2) is 5.96 Å². The molecule has 24 heavy (non-hydrogen) atoms. The summed E-state index contributed by atoms with van der Waals surface area (Å²) in [6.45, 7) is 3.25. The van der Waals surface area contributed by atoms with Gasteiger partial charge >= 0.3 is 0 Å². The highest BCUT2D eigenvalue weighted by atomic mass is 19.1. The molecule has 0 saturated carbocycles. The SMILES string of the molecule is CN=C(NCCCN(C)c1ccccc1F)NCCn1cccc1. The van der Waals surface area contributed by atoms with E-state index in [1.807, 2.05) is 42.5 Å². The molecular formula is C18H26FN5. The number of anilines is 1. The second-order valence-corrected chi connectivity index (χ2v) is 5.57. The maximum absolute atomic E-state index is 13.7. The average molecular weight is 331 g/mol. The molecule has 1 aromatic heterocycles. The summed E-state index contributed by atoms with van der Waals surface area (Å²) < 4.78 is 15.8. The van der Waals surface area contributed by atoms with Crippen LogP contribution in [0, 0.1) is 5.82 Å². The van der Waals surface area contributed by atoms with Crippen molar-refractivity contribution < 1.29 is 4.39 Å². The van der Waals surface area contributed by atoms with Crippen LogP contribution in [0.5, 0.6) is 0 Å². The molecule has 2 aromatic rings. The average Bonchev–Trinajstić information content (AvgIpc) is 3.10.